The van der Waals surface area contributed by atoms with E-state index < -0.39 is 17.2 Å². The molecule has 1 N–H and O–H groups in total. The topological polar surface area (TPSA) is 63.6 Å². The van der Waals surface area contributed by atoms with Crippen molar-refractivity contribution in [2.24, 2.45) is 0 Å². The summed E-state index contributed by atoms with van der Waals surface area (Å²) in [6.07, 6.45) is 2.35. The van der Waals surface area contributed by atoms with Crippen LogP contribution < -0.4 is 0 Å². The number of hydrogen-bond acceptors (Lipinski definition) is 4. The van der Waals surface area contributed by atoms with Gasteiger partial charge >= 0.3 is 5.97 Å². The summed E-state index contributed by atoms with van der Waals surface area (Å²) in [5.74, 6) is -0.742. The second-order valence-corrected chi connectivity index (χ2v) is 3.84. The fraction of sp³-hybridized carbons (Fsp3) is 0.800. The highest BCUT2D eigenvalue weighted by Gasteiger charge is 2.18. The standard InChI is InChI=1S/C10H18O4S/c1-2-3-4-5-6-14-10(13)8(11)7-9(12)15/h8,11H,2-7H2,1H3,(H,12,15). The maximum absolute atomic E-state index is 11.1. The van der Waals surface area contributed by atoms with E-state index in [1.165, 1.54) is 0 Å². The van der Waals surface area contributed by atoms with Gasteiger partial charge in [0, 0.05) is 0 Å². The predicted octanol–water partition coefficient (Wildman–Crippen LogP) is 1.32. The number of ether oxygens (including phenoxy) is 1. The Bertz CT molecular complexity index is 206. The van der Waals surface area contributed by atoms with Gasteiger partial charge in [0.1, 0.15) is 0 Å². The largest absolute Gasteiger partial charge is 0.464 e. The van der Waals surface area contributed by atoms with Gasteiger partial charge in [-0.1, -0.05) is 26.2 Å². The van der Waals surface area contributed by atoms with Crippen molar-refractivity contribution in [1.82, 2.24) is 0 Å². The average Bonchev–Trinajstić information content (AvgIpc) is 2.16. The van der Waals surface area contributed by atoms with Crippen LogP contribution in [-0.4, -0.2) is 28.9 Å². The number of esters is 1. The molecule has 0 aliphatic heterocycles. The van der Waals surface area contributed by atoms with Crippen molar-refractivity contribution >= 4 is 23.7 Å². The van der Waals surface area contributed by atoms with E-state index in [4.69, 9.17) is 9.84 Å². The molecule has 0 rings (SSSR count). The summed E-state index contributed by atoms with van der Waals surface area (Å²) >= 11 is 3.46. The van der Waals surface area contributed by atoms with Crippen molar-refractivity contribution in [3.8, 4) is 0 Å². The van der Waals surface area contributed by atoms with Crippen LogP contribution in [0, 0.1) is 0 Å². The molecule has 0 saturated heterocycles. The first-order valence-corrected chi connectivity index (χ1v) is 5.59. The van der Waals surface area contributed by atoms with Crippen LogP contribution in [0.2, 0.25) is 0 Å². The van der Waals surface area contributed by atoms with Gasteiger partial charge in [0.25, 0.3) is 0 Å². The molecule has 1 atom stereocenters. The van der Waals surface area contributed by atoms with Crippen molar-refractivity contribution in [2.45, 2.75) is 45.1 Å². The van der Waals surface area contributed by atoms with E-state index in [0.717, 1.165) is 25.7 Å². The van der Waals surface area contributed by atoms with E-state index in [1.54, 1.807) is 0 Å². The lowest BCUT2D eigenvalue weighted by Crippen LogP contribution is -2.25. The Morgan fingerprint density at radius 3 is 2.53 bits per heavy atom. The molecule has 0 aliphatic rings. The molecule has 0 bridgehead atoms. The molecule has 0 spiro atoms. The predicted molar refractivity (Wildman–Crippen MR) is 59.7 cm³/mol. The van der Waals surface area contributed by atoms with Crippen LogP contribution in [0.15, 0.2) is 0 Å². The van der Waals surface area contributed by atoms with Crippen LogP contribution in [-0.2, 0) is 14.3 Å². The Morgan fingerprint density at radius 2 is 2.00 bits per heavy atom. The molecule has 0 heterocycles. The molecule has 1 unspecified atom stereocenters. The maximum atomic E-state index is 11.1. The summed E-state index contributed by atoms with van der Waals surface area (Å²) in [4.78, 5) is 21.5. The lowest BCUT2D eigenvalue weighted by atomic mass is 10.2. The second-order valence-electron chi connectivity index (χ2n) is 3.34. The van der Waals surface area contributed by atoms with Gasteiger partial charge in [0.15, 0.2) is 11.2 Å². The number of carbonyl (C=O) groups excluding carboxylic acids is 2. The number of aliphatic hydroxyl groups is 1. The van der Waals surface area contributed by atoms with E-state index in [1.807, 2.05) is 0 Å². The first-order valence-electron chi connectivity index (χ1n) is 5.14. The van der Waals surface area contributed by atoms with Gasteiger partial charge in [-0.2, -0.15) is 0 Å². The minimum Gasteiger partial charge on any atom is -0.464 e. The molecule has 0 fully saturated rings. The first kappa shape index (κ1) is 14.5. The summed E-state index contributed by atoms with van der Waals surface area (Å²) < 4.78 is 4.78. The van der Waals surface area contributed by atoms with Crippen LogP contribution in [0.4, 0.5) is 0 Å². The Labute approximate surface area is 95.4 Å². The molecule has 0 radical (unpaired) electrons. The summed E-state index contributed by atoms with van der Waals surface area (Å²) in [7, 11) is 0. The van der Waals surface area contributed by atoms with Gasteiger partial charge in [0.2, 0.25) is 0 Å². The van der Waals surface area contributed by atoms with Gasteiger partial charge in [-0.05, 0) is 6.42 Å². The van der Waals surface area contributed by atoms with E-state index in [0.29, 0.717) is 6.61 Å². The van der Waals surface area contributed by atoms with Crippen LogP contribution in [0.1, 0.15) is 39.0 Å². The van der Waals surface area contributed by atoms with Crippen LogP contribution in [0.25, 0.3) is 0 Å². The van der Waals surface area contributed by atoms with Crippen molar-refractivity contribution in [2.75, 3.05) is 6.61 Å². The molecule has 0 aromatic rings. The minimum atomic E-state index is -1.37. The number of unbranched alkanes of at least 4 members (excludes halogenated alkanes) is 3. The van der Waals surface area contributed by atoms with Gasteiger partial charge in [-0.3, -0.25) is 4.79 Å². The monoisotopic (exact) mass is 234 g/mol. The van der Waals surface area contributed by atoms with Crippen molar-refractivity contribution < 1.29 is 19.4 Å². The number of aliphatic hydroxyl groups excluding tert-OH is 1. The Kier molecular flexibility index (Phi) is 8.41. The summed E-state index contributed by atoms with van der Waals surface area (Å²) in [6.45, 7) is 2.39. The molecule has 5 heteroatoms. The fourth-order valence-corrected chi connectivity index (χ4v) is 1.22. The molecule has 0 aliphatic carbocycles. The maximum Gasteiger partial charge on any atom is 0.335 e. The summed E-state index contributed by atoms with van der Waals surface area (Å²) in [5.41, 5.74) is 0. The molecular formula is C10H18O4S. The fourth-order valence-electron chi connectivity index (χ4n) is 1.05. The SMILES string of the molecule is CCCCCCOC(=O)C(O)CC(=O)S. The van der Waals surface area contributed by atoms with Gasteiger partial charge < -0.3 is 9.84 Å². The van der Waals surface area contributed by atoms with Crippen LogP contribution >= 0.6 is 12.6 Å². The lowest BCUT2D eigenvalue weighted by molar-refractivity contribution is -0.154. The highest BCUT2D eigenvalue weighted by Crippen LogP contribution is 2.02. The van der Waals surface area contributed by atoms with Gasteiger partial charge in [0.05, 0.1) is 13.0 Å². The van der Waals surface area contributed by atoms with Crippen LogP contribution in [0.5, 0.6) is 0 Å². The van der Waals surface area contributed by atoms with E-state index in [2.05, 4.69) is 19.6 Å². The zero-order chi connectivity index (χ0) is 11.7. The lowest BCUT2D eigenvalue weighted by Gasteiger charge is -2.08. The molecule has 0 aromatic heterocycles. The Hall–Kier alpha value is -0.550. The summed E-state index contributed by atoms with van der Waals surface area (Å²) in [5, 5.41) is 8.62. The molecule has 0 aromatic carbocycles. The Morgan fingerprint density at radius 1 is 1.33 bits per heavy atom. The van der Waals surface area contributed by atoms with Gasteiger partial charge in [-0.25, -0.2) is 4.79 Å². The van der Waals surface area contributed by atoms with E-state index >= 15 is 0 Å². The minimum absolute atomic E-state index is 0.295. The molecule has 88 valence electrons. The number of thiol groups is 1. The van der Waals surface area contributed by atoms with Crippen LogP contribution in [0.3, 0.4) is 0 Å². The zero-order valence-electron chi connectivity index (χ0n) is 8.94. The third-order valence-electron chi connectivity index (χ3n) is 1.88. The normalized spacial score (nSPS) is 12.2. The highest BCUT2D eigenvalue weighted by atomic mass is 32.1. The third kappa shape index (κ3) is 8.44. The number of carbonyl (C=O) groups is 2. The average molecular weight is 234 g/mol. The quantitative estimate of drug-likeness (QED) is 0.378. The molecule has 15 heavy (non-hydrogen) atoms. The van der Waals surface area contributed by atoms with E-state index in [9.17, 15) is 9.59 Å². The number of hydrogen-bond donors (Lipinski definition) is 2. The third-order valence-corrected chi connectivity index (χ3v) is 2.06. The second kappa shape index (κ2) is 8.73. The van der Waals surface area contributed by atoms with Crippen molar-refractivity contribution in [1.29, 1.82) is 0 Å². The van der Waals surface area contributed by atoms with Crippen molar-refractivity contribution in [3.63, 3.8) is 0 Å². The highest BCUT2D eigenvalue weighted by molar-refractivity contribution is 7.96. The van der Waals surface area contributed by atoms with Crippen molar-refractivity contribution in [3.05, 3.63) is 0 Å². The Balaban J connectivity index is 3.51. The molecular weight excluding hydrogens is 216 g/mol. The molecule has 0 amide bonds. The summed E-state index contributed by atoms with van der Waals surface area (Å²) in [6, 6.07) is 0. The number of rotatable bonds is 8. The first-order chi connectivity index (χ1) is 7.07. The van der Waals surface area contributed by atoms with Gasteiger partial charge in [-0.15, -0.1) is 12.6 Å². The zero-order valence-corrected chi connectivity index (χ0v) is 9.83. The smallest absolute Gasteiger partial charge is 0.335 e. The molecule has 0 saturated carbocycles. The molecule has 4 nitrogen and oxygen atoms in total. The van der Waals surface area contributed by atoms with E-state index in [-0.39, 0.29) is 6.42 Å².